The van der Waals surface area contributed by atoms with E-state index in [9.17, 15) is 26.0 Å². The van der Waals surface area contributed by atoms with Crippen LogP contribution in [0.25, 0.3) is 11.3 Å². The van der Waals surface area contributed by atoms with E-state index in [4.69, 9.17) is 0 Å². The van der Waals surface area contributed by atoms with E-state index in [-0.39, 0.29) is 4.90 Å². The van der Waals surface area contributed by atoms with Gasteiger partial charge in [0.2, 0.25) is 5.95 Å². The summed E-state index contributed by atoms with van der Waals surface area (Å²) in [5.41, 5.74) is -0.889. The van der Waals surface area contributed by atoms with Crippen molar-refractivity contribution in [1.82, 2.24) is 9.97 Å². The van der Waals surface area contributed by atoms with Crippen LogP contribution in [0.5, 0.6) is 0 Å². The Morgan fingerprint density at radius 2 is 1.73 bits per heavy atom. The summed E-state index contributed by atoms with van der Waals surface area (Å²) < 4.78 is 77.8. The molecule has 0 spiro atoms. The van der Waals surface area contributed by atoms with Crippen LogP contribution in [0.1, 0.15) is 5.69 Å². The van der Waals surface area contributed by atoms with Gasteiger partial charge in [-0.05, 0) is 23.8 Å². The first-order chi connectivity index (χ1) is 12.2. The minimum Gasteiger partial charge on any atom is -0.360 e. The molecule has 26 heavy (non-hydrogen) atoms. The van der Waals surface area contributed by atoms with Crippen molar-refractivity contribution < 1.29 is 26.0 Å². The number of anilines is 1. The highest BCUT2D eigenvalue weighted by Gasteiger charge is 2.33. The zero-order valence-electron chi connectivity index (χ0n) is 12.9. The fourth-order valence-corrected chi connectivity index (χ4v) is 3.23. The molecule has 10 heteroatoms. The molecule has 136 valence electrons. The third kappa shape index (κ3) is 3.69. The van der Waals surface area contributed by atoms with Gasteiger partial charge in [-0.1, -0.05) is 30.3 Å². The lowest BCUT2D eigenvalue weighted by atomic mass is 10.2. The van der Waals surface area contributed by atoms with Crippen LogP contribution in [-0.4, -0.2) is 18.4 Å². The Hall–Kier alpha value is -2.88. The molecule has 2 N–H and O–H groups in total. The van der Waals surface area contributed by atoms with Gasteiger partial charge in [0.1, 0.15) is 16.3 Å². The Kier molecular flexibility index (Phi) is 4.45. The first kappa shape index (κ1) is 17.9. The van der Waals surface area contributed by atoms with Gasteiger partial charge in [0.05, 0.1) is 0 Å². The summed E-state index contributed by atoms with van der Waals surface area (Å²) in [7, 11) is -4.21. The molecule has 0 saturated heterocycles. The number of alkyl halides is 3. The molecule has 0 aliphatic heterocycles. The Morgan fingerprint density at radius 1 is 1.04 bits per heavy atom. The molecule has 3 rings (SSSR count). The molecule has 2 heterocycles. The molecule has 0 aliphatic carbocycles. The smallest absolute Gasteiger partial charge is 0.360 e. The average Bonchev–Trinajstić information content (AvgIpc) is 3.07. The van der Waals surface area contributed by atoms with Crippen LogP contribution in [0.2, 0.25) is 0 Å². The number of hydrogen-bond acceptors (Lipinski definition) is 3. The van der Waals surface area contributed by atoms with Crippen molar-refractivity contribution in [2.45, 2.75) is 11.1 Å². The fraction of sp³-hybridized carbons (Fsp3) is 0.0625. The van der Waals surface area contributed by atoms with Gasteiger partial charge in [-0.2, -0.15) is 17.6 Å². The minimum absolute atomic E-state index is 0.198. The zero-order valence-corrected chi connectivity index (χ0v) is 13.7. The molecule has 0 atom stereocenters. The number of sulfonamides is 1. The Balaban J connectivity index is 1.87. The van der Waals surface area contributed by atoms with E-state index in [2.05, 4.69) is 9.97 Å². The number of pyridine rings is 1. The maximum absolute atomic E-state index is 13.8. The number of rotatable bonds is 4. The third-order valence-corrected chi connectivity index (χ3v) is 4.78. The van der Waals surface area contributed by atoms with Gasteiger partial charge < -0.3 is 4.98 Å². The summed E-state index contributed by atoms with van der Waals surface area (Å²) in [4.78, 5) is 5.33. The molecule has 0 amide bonds. The third-order valence-electron chi connectivity index (χ3n) is 3.44. The molecule has 0 aliphatic rings. The van der Waals surface area contributed by atoms with Gasteiger partial charge in [0.25, 0.3) is 10.0 Å². The molecule has 0 fully saturated rings. The van der Waals surface area contributed by atoms with Gasteiger partial charge in [-0.15, -0.1) is 0 Å². The lowest BCUT2D eigenvalue weighted by Gasteiger charge is -2.09. The predicted molar refractivity (Wildman–Crippen MR) is 86.2 cm³/mol. The first-order valence-corrected chi connectivity index (χ1v) is 8.65. The van der Waals surface area contributed by atoms with Crippen molar-refractivity contribution in [3.8, 4) is 11.3 Å². The maximum atomic E-state index is 13.8. The fourth-order valence-electron chi connectivity index (χ4n) is 2.19. The number of halogens is 4. The topological polar surface area (TPSA) is 74.8 Å². The molecular weight excluding hydrogens is 374 g/mol. The number of nitrogens with zero attached hydrogens (tertiary/aromatic N) is 1. The van der Waals surface area contributed by atoms with Crippen molar-refractivity contribution >= 4 is 15.7 Å². The molecule has 0 unspecified atom stereocenters. The predicted octanol–water partition coefficient (Wildman–Crippen LogP) is 4.04. The second-order valence-electron chi connectivity index (χ2n) is 5.25. The summed E-state index contributed by atoms with van der Waals surface area (Å²) in [5.74, 6) is -1.57. The van der Waals surface area contributed by atoms with Crippen molar-refractivity contribution in [3.63, 3.8) is 0 Å². The summed E-state index contributed by atoms with van der Waals surface area (Å²) in [5, 5.41) is 0. The van der Waals surface area contributed by atoms with Gasteiger partial charge in [0, 0.05) is 11.9 Å². The molecule has 0 bridgehead atoms. The normalized spacial score (nSPS) is 12.2. The molecule has 3 aromatic rings. The minimum atomic E-state index is -4.83. The highest BCUT2D eigenvalue weighted by atomic mass is 32.2. The van der Waals surface area contributed by atoms with Gasteiger partial charge in [0.15, 0.2) is 0 Å². The van der Waals surface area contributed by atoms with Crippen LogP contribution in [0.15, 0.2) is 59.6 Å². The van der Waals surface area contributed by atoms with E-state index in [1.165, 1.54) is 12.3 Å². The SMILES string of the molecule is O=S(=O)(Nc1ccc(C(F)(F)F)nc1F)c1c[nH]c(-c2ccccc2)c1. The van der Waals surface area contributed by atoms with Crippen LogP contribution in [0, 0.1) is 5.95 Å². The van der Waals surface area contributed by atoms with Crippen molar-refractivity contribution in [2.24, 2.45) is 0 Å². The monoisotopic (exact) mass is 385 g/mol. The van der Waals surface area contributed by atoms with Crippen LogP contribution in [0.4, 0.5) is 23.2 Å². The number of nitrogens with one attached hydrogen (secondary N) is 2. The Bertz CT molecular complexity index is 1030. The quantitative estimate of drug-likeness (QED) is 0.526. The van der Waals surface area contributed by atoms with Crippen LogP contribution in [-0.2, 0) is 16.2 Å². The van der Waals surface area contributed by atoms with Crippen LogP contribution >= 0.6 is 0 Å². The molecule has 0 saturated carbocycles. The molecule has 2 aromatic heterocycles. The number of hydrogen-bond donors (Lipinski definition) is 2. The summed E-state index contributed by atoms with van der Waals surface area (Å²) in [6.07, 6.45) is -3.64. The number of benzene rings is 1. The summed E-state index contributed by atoms with van der Waals surface area (Å²) >= 11 is 0. The van der Waals surface area contributed by atoms with E-state index in [0.717, 1.165) is 5.56 Å². The second kappa shape index (κ2) is 6.45. The number of aromatic nitrogens is 2. The van der Waals surface area contributed by atoms with Gasteiger partial charge in [-0.25, -0.2) is 13.4 Å². The van der Waals surface area contributed by atoms with E-state index in [1.807, 2.05) is 4.72 Å². The van der Waals surface area contributed by atoms with E-state index in [1.54, 1.807) is 30.3 Å². The van der Waals surface area contributed by atoms with Crippen LogP contribution in [0.3, 0.4) is 0 Å². The van der Waals surface area contributed by atoms with Crippen molar-refractivity contribution in [1.29, 1.82) is 0 Å². The van der Waals surface area contributed by atoms with Crippen LogP contribution < -0.4 is 4.72 Å². The Morgan fingerprint density at radius 3 is 2.35 bits per heavy atom. The molecule has 0 radical (unpaired) electrons. The van der Waals surface area contributed by atoms with E-state index >= 15 is 0 Å². The largest absolute Gasteiger partial charge is 0.433 e. The summed E-state index contributed by atoms with van der Waals surface area (Å²) in [6.45, 7) is 0. The highest BCUT2D eigenvalue weighted by Crippen LogP contribution is 2.30. The Labute approximate surface area is 145 Å². The maximum Gasteiger partial charge on any atom is 0.433 e. The molecule has 1 aromatic carbocycles. The number of aromatic amines is 1. The summed E-state index contributed by atoms with van der Waals surface area (Å²) in [6, 6.07) is 11.3. The zero-order chi connectivity index (χ0) is 18.9. The number of H-pyrrole nitrogens is 1. The van der Waals surface area contributed by atoms with Crippen molar-refractivity contribution in [3.05, 3.63) is 66.4 Å². The van der Waals surface area contributed by atoms with E-state index in [0.29, 0.717) is 17.8 Å². The first-order valence-electron chi connectivity index (χ1n) is 7.17. The van der Waals surface area contributed by atoms with Gasteiger partial charge in [-0.3, -0.25) is 4.72 Å². The van der Waals surface area contributed by atoms with Gasteiger partial charge >= 0.3 is 6.18 Å². The molecular formula is C16H11F4N3O2S. The lowest BCUT2D eigenvalue weighted by molar-refractivity contribution is -0.141. The van der Waals surface area contributed by atoms with Crippen molar-refractivity contribution in [2.75, 3.05) is 4.72 Å². The average molecular weight is 385 g/mol. The lowest BCUT2D eigenvalue weighted by Crippen LogP contribution is -2.15. The highest BCUT2D eigenvalue weighted by molar-refractivity contribution is 7.92. The van der Waals surface area contributed by atoms with E-state index < -0.39 is 33.5 Å². The second-order valence-corrected chi connectivity index (χ2v) is 6.94. The molecule has 5 nitrogen and oxygen atoms in total. The standard InChI is InChI=1S/C16H11F4N3O2S/c17-15-12(6-7-14(22-15)16(18,19)20)23-26(24,25)11-8-13(21-9-11)10-4-2-1-3-5-10/h1-9,21,23H.